The lowest BCUT2D eigenvalue weighted by Gasteiger charge is -2.44. The molecule has 0 saturated heterocycles. The first-order valence-electron chi connectivity index (χ1n) is 9.99. The molecule has 1 N–H and O–H groups in total. The van der Waals surface area contributed by atoms with Crippen LogP contribution in [0.5, 0.6) is 5.75 Å². The van der Waals surface area contributed by atoms with Crippen molar-refractivity contribution >= 4 is 23.3 Å². The van der Waals surface area contributed by atoms with Gasteiger partial charge in [0.25, 0.3) is 0 Å². The molecule has 0 spiro atoms. The average molecular weight is 443 g/mol. The average Bonchev–Trinajstić information content (AvgIpc) is 2.74. The SMILES string of the molecule is COc1ccc(CCC2=NC(C)C(C)(C(=O)O)C(c3ccc(F)cc3Cl)C2C#N)cc1. The predicted molar refractivity (Wildman–Crippen MR) is 117 cm³/mol. The highest BCUT2D eigenvalue weighted by Crippen LogP contribution is 2.50. The van der Waals surface area contributed by atoms with Gasteiger partial charge in [-0.3, -0.25) is 9.79 Å². The van der Waals surface area contributed by atoms with Crippen molar-refractivity contribution in [3.05, 3.63) is 64.4 Å². The van der Waals surface area contributed by atoms with E-state index in [1.807, 2.05) is 24.3 Å². The van der Waals surface area contributed by atoms with Gasteiger partial charge >= 0.3 is 5.97 Å². The summed E-state index contributed by atoms with van der Waals surface area (Å²) in [6, 6.07) is 13.2. The Morgan fingerprint density at radius 2 is 1.97 bits per heavy atom. The van der Waals surface area contributed by atoms with Crippen LogP contribution in [0.3, 0.4) is 0 Å². The van der Waals surface area contributed by atoms with Crippen LogP contribution in [0, 0.1) is 28.5 Å². The molecule has 0 aromatic heterocycles. The molecule has 0 bridgehead atoms. The van der Waals surface area contributed by atoms with E-state index in [9.17, 15) is 19.6 Å². The second kappa shape index (κ2) is 9.07. The van der Waals surface area contributed by atoms with Gasteiger partial charge in [0.15, 0.2) is 0 Å². The van der Waals surface area contributed by atoms with E-state index >= 15 is 0 Å². The molecule has 162 valence electrons. The largest absolute Gasteiger partial charge is 0.497 e. The van der Waals surface area contributed by atoms with Gasteiger partial charge in [0.2, 0.25) is 0 Å². The maximum atomic E-state index is 13.7. The number of rotatable bonds is 6. The summed E-state index contributed by atoms with van der Waals surface area (Å²) >= 11 is 6.32. The van der Waals surface area contributed by atoms with Crippen LogP contribution in [-0.2, 0) is 11.2 Å². The van der Waals surface area contributed by atoms with Crippen LogP contribution >= 0.6 is 11.6 Å². The molecule has 1 heterocycles. The lowest BCUT2D eigenvalue weighted by Crippen LogP contribution is -2.50. The topological polar surface area (TPSA) is 82.7 Å². The zero-order valence-corrected chi connectivity index (χ0v) is 18.4. The standard InChI is InChI=1S/C24H24ClFN2O3/c1-14-24(2,23(29)30)22(18-10-7-16(26)12-20(18)25)19(13-27)21(28-14)11-6-15-4-8-17(31-3)9-5-15/h4-5,7-10,12,14,19,22H,6,11H2,1-3H3,(H,29,30). The Hall–Kier alpha value is -2.91. The zero-order chi connectivity index (χ0) is 22.8. The van der Waals surface area contributed by atoms with Crippen molar-refractivity contribution in [2.45, 2.75) is 38.6 Å². The number of aryl methyl sites for hydroxylation is 1. The van der Waals surface area contributed by atoms with Crippen LogP contribution in [0.15, 0.2) is 47.5 Å². The number of nitriles is 1. The summed E-state index contributed by atoms with van der Waals surface area (Å²) in [6.45, 7) is 3.32. The molecule has 4 unspecified atom stereocenters. The number of carboxylic acids is 1. The molecule has 0 amide bonds. The minimum absolute atomic E-state index is 0.112. The van der Waals surface area contributed by atoms with Gasteiger partial charge in [0, 0.05) is 16.7 Å². The number of carbonyl (C=O) groups is 1. The van der Waals surface area contributed by atoms with Crippen molar-refractivity contribution in [3.63, 3.8) is 0 Å². The highest BCUT2D eigenvalue weighted by Gasteiger charge is 2.54. The Morgan fingerprint density at radius 1 is 1.29 bits per heavy atom. The molecular weight excluding hydrogens is 419 g/mol. The van der Waals surface area contributed by atoms with Gasteiger partial charge in [-0.15, -0.1) is 0 Å². The van der Waals surface area contributed by atoms with Crippen LogP contribution in [0.1, 0.15) is 37.3 Å². The Balaban J connectivity index is 2.01. The second-order valence-corrected chi connectivity index (χ2v) is 8.39. The van der Waals surface area contributed by atoms with Crippen molar-refractivity contribution < 1.29 is 19.0 Å². The van der Waals surface area contributed by atoms with E-state index in [-0.39, 0.29) is 5.02 Å². The van der Waals surface area contributed by atoms with Gasteiger partial charge < -0.3 is 9.84 Å². The molecule has 2 aromatic carbocycles. The number of ether oxygens (including phenoxy) is 1. The van der Waals surface area contributed by atoms with Crippen molar-refractivity contribution in [2.24, 2.45) is 16.3 Å². The Labute approximate surface area is 186 Å². The lowest BCUT2D eigenvalue weighted by atomic mass is 9.61. The molecule has 0 saturated carbocycles. The van der Waals surface area contributed by atoms with E-state index in [2.05, 4.69) is 11.1 Å². The molecule has 0 aliphatic carbocycles. The minimum atomic E-state index is -1.37. The number of methoxy groups -OCH3 is 1. The summed E-state index contributed by atoms with van der Waals surface area (Å²) in [5, 5.41) is 20.3. The van der Waals surface area contributed by atoms with Crippen molar-refractivity contribution in [1.82, 2.24) is 0 Å². The van der Waals surface area contributed by atoms with Gasteiger partial charge in [0.05, 0.1) is 30.6 Å². The first-order chi connectivity index (χ1) is 14.7. The fraction of sp³-hybridized carbons (Fsp3) is 0.375. The molecule has 4 atom stereocenters. The van der Waals surface area contributed by atoms with E-state index < -0.39 is 35.1 Å². The number of hydrogen-bond acceptors (Lipinski definition) is 4. The molecule has 7 heteroatoms. The van der Waals surface area contributed by atoms with Crippen molar-refractivity contribution in [2.75, 3.05) is 7.11 Å². The highest BCUT2D eigenvalue weighted by atomic mass is 35.5. The number of halogens is 2. The summed E-state index contributed by atoms with van der Waals surface area (Å²) in [4.78, 5) is 17.0. The Kier molecular flexibility index (Phi) is 6.66. The van der Waals surface area contributed by atoms with Crippen LogP contribution < -0.4 is 4.74 Å². The van der Waals surface area contributed by atoms with E-state index in [1.165, 1.54) is 12.1 Å². The maximum Gasteiger partial charge on any atom is 0.312 e. The number of carboxylic acid groups (broad SMARTS) is 1. The molecular formula is C24H24ClFN2O3. The van der Waals surface area contributed by atoms with Gasteiger partial charge in [-0.1, -0.05) is 29.8 Å². The minimum Gasteiger partial charge on any atom is -0.497 e. The number of aliphatic imine (C=N–C) groups is 1. The van der Waals surface area contributed by atoms with Crippen LogP contribution in [0.4, 0.5) is 4.39 Å². The first-order valence-corrected chi connectivity index (χ1v) is 10.4. The summed E-state index contributed by atoms with van der Waals surface area (Å²) < 4.78 is 18.8. The third-order valence-corrected chi connectivity index (χ3v) is 6.62. The van der Waals surface area contributed by atoms with Gasteiger partial charge in [-0.25, -0.2) is 4.39 Å². The fourth-order valence-corrected chi connectivity index (χ4v) is 4.55. The van der Waals surface area contributed by atoms with E-state index in [1.54, 1.807) is 21.0 Å². The van der Waals surface area contributed by atoms with Crippen molar-refractivity contribution in [1.29, 1.82) is 5.26 Å². The van der Waals surface area contributed by atoms with Crippen LogP contribution in [-0.4, -0.2) is 29.9 Å². The van der Waals surface area contributed by atoms with E-state index in [0.717, 1.165) is 17.4 Å². The Morgan fingerprint density at radius 3 is 2.52 bits per heavy atom. The first kappa shape index (κ1) is 22.8. The molecule has 31 heavy (non-hydrogen) atoms. The number of nitrogens with zero attached hydrogens (tertiary/aromatic N) is 2. The number of hydrogen-bond donors (Lipinski definition) is 1. The summed E-state index contributed by atoms with van der Waals surface area (Å²) in [5.74, 6) is -2.38. The van der Waals surface area contributed by atoms with Gasteiger partial charge in [-0.2, -0.15) is 5.26 Å². The quantitative estimate of drug-likeness (QED) is 0.659. The predicted octanol–water partition coefficient (Wildman–Crippen LogP) is 5.28. The van der Waals surface area contributed by atoms with E-state index in [4.69, 9.17) is 16.3 Å². The van der Waals surface area contributed by atoms with E-state index in [0.29, 0.717) is 24.1 Å². The van der Waals surface area contributed by atoms with Gasteiger partial charge in [0.1, 0.15) is 11.6 Å². The molecule has 1 aliphatic heterocycles. The number of benzene rings is 2. The summed E-state index contributed by atoms with van der Waals surface area (Å²) in [5.41, 5.74) is 0.764. The fourth-order valence-electron chi connectivity index (χ4n) is 4.26. The molecule has 2 aromatic rings. The lowest BCUT2D eigenvalue weighted by molar-refractivity contribution is -0.151. The molecule has 3 rings (SSSR count). The third kappa shape index (κ3) is 4.28. The summed E-state index contributed by atoms with van der Waals surface area (Å²) in [6.07, 6.45) is 1.14. The normalized spacial score (nSPS) is 25.4. The molecule has 0 fully saturated rings. The molecule has 5 nitrogen and oxygen atoms in total. The monoisotopic (exact) mass is 442 g/mol. The van der Waals surface area contributed by atoms with Crippen LogP contribution in [0.25, 0.3) is 0 Å². The second-order valence-electron chi connectivity index (χ2n) is 7.98. The molecule has 1 aliphatic rings. The molecule has 0 radical (unpaired) electrons. The van der Waals surface area contributed by atoms with Crippen molar-refractivity contribution in [3.8, 4) is 11.8 Å². The zero-order valence-electron chi connectivity index (χ0n) is 17.6. The highest BCUT2D eigenvalue weighted by molar-refractivity contribution is 6.31. The number of aliphatic carboxylic acids is 1. The Bertz CT molecular complexity index is 1050. The maximum absolute atomic E-state index is 13.7. The smallest absolute Gasteiger partial charge is 0.312 e. The third-order valence-electron chi connectivity index (χ3n) is 6.29. The van der Waals surface area contributed by atoms with Crippen LogP contribution in [0.2, 0.25) is 5.02 Å². The van der Waals surface area contributed by atoms with Gasteiger partial charge in [-0.05, 0) is 62.1 Å². The summed E-state index contributed by atoms with van der Waals surface area (Å²) in [7, 11) is 1.60.